The lowest BCUT2D eigenvalue weighted by atomic mass is 9.99. The van der Waals surface area contributed by atoms with E-state index >= 15 is 0 Å². The van der Waals surface area contributed by atoms with E-state index in [0.717, 1.165) is 22.4 Å². The number of hydrogen-bond acceptors (Lipinski definition) is 4. The number of rotatable bonds is 6. The first kappa shape index (κ1) is 17.9. The van der Waals surface area contributed by atoms with Crippen molar-refractivity contribution >= 4 is 29.4 Å². The fourth-order valence-electron chi connectivity index (χ4n) is 2.41. The van der Waals surface area contributed by atoms with Crippen LogP contribution in [0, 0.1) is 5.41 Å². The summed E-state index contributed by atoms with van der Waals surface area (Å²) in [6.07, 6.45) is 2.44. The second-order valence-electron chi connectivity index (χ2n) is 5.27. The lowest BCUT2D eigenvalue weighted by Crippen LogP contribution is -2.18. The maximum absolute atomic E-state index is 12.0. The van der Waals surface area contributed by atoms with Crippen LogP contribution in [0.25, 0.3) is 11.1 Å². The molecule has 2 aromatic rings. The normalized spacial score (nSPS) is 9.84. The maximum atomic E-state index is 12.0. The molecule has 6 nitrogen and oxygen atoms in total. The topological polar surface area (TPSA) is 94.1 Å². The van der Waals surface area contributed by atoms with E-state index in [1.165, 1.54) is 12.3 Å². The predicted molar refractivity (Wildman–Crippen MR) is 102 cm³/mol. The van der Waals surface area contributed by atoms with Gasteiger partial charge in [0.2, 0.25) is 5.91 Å². The minimum absolute atomic E-state index is 0.249. The van der Waals surface area contributed by atoms with Crippen LogP contribution < -0.4 is 16.0 Å². The van der Waals surface area contributed by atoms with Gasteiger partial charge in [0.15, 0.2) is 0 Å². The molecule has 0 saturated carbocycles. The second-order valence-corrected chi connectivity index (χ2v) is 5.27. The molecule has 0 unspecified atom stereocenters. The number of amides is 2. The number of carbonyl (C=O) groups excluding carboxylic acids is 2. The van der Waals surface area contributed by atoms with Crippen LogP contribution in [0.15, 0.2) is 49.1 Å². The summed E-state index contributed by atoms with van der Waals surface area (Å²) >= 11 is 0. The van der Waals surface area contributed by atoms with Gasteiger partial charge < -0.3 is 21.4 Å². The highest BCUT2D eigenvalue weighted by Crippen LogP contribution is 2.28. The number of hydrogen-bond donors (Lipinski definition) is 4. The average Bonchev–Trinajstić information content (AvgIpc) is 2.66. The van der Waals surface area contributed by atoms with Gasteiger partial charge in [0, 0.05) is 42.8 Å². The van der Waals surface area contributed by atoms with Crippen LogP contribution in [0.5, 0.6) is 0 Å². The molecule has 0 saturated heterocycles. The number of anilines is 2. The molecule has 2 aromatic carbocycles. The number of benzene rings is 2. The van der Waals surface area contributed by atoms with Crippen molar-refractivity contribution < 1.29 is 9.59 Å². The monoisotopic (exact) mass is 336 g/mol. The third kappa shape index (κ3) is 4.11. The summed E-state index contributed by atoms with van der Waals surface area (Å²) in [7, 11) is 3.33. The highest BCUT2D eigenvalue weighted by molar-refractivity contribution is 6.02. The van der Waals surface area contributed by atoms with Crippen molar-refractivity contribution in [1.29, 1.82) is 5.41 Å². The Morgan fingerprint density at radius 1 is 1.08 bits per heavy atom. The zero-order valence-corrected chi connectivity index (χ0v) is 14.1. The molecule has 0 atom stereocenters. The summed E-state index contributed by atoms with van der Waals surface area (Å²) in [5.41, 5.74) is 4.12. The maximum Gasteiger partial charge on any atom is 0.251 e. The van der Waals surface area contributed by atoms with Crippen molar-refractivity contribution in [1.82, 2.24) is 5.32 Å². The first-order valence-corrected chi connectivity index (χ1v) is 7.65. The van der Waals surface area contributed by atoms with Crippen LogP contribution in [0.2, 0.25) is 0 Å². The number of nitrogens with one attached hydrogen (secondary N) is 4. The highest BCUT2D eigenvalue weighted by atomic mass is 16.2. The summed E-state index contributed by atoms with van der Waals surface area (Å²) in [5.74, 6) is -0.601. The van der Waals surface area contributed by atoms with E-state index in [2.05, 4.69) is 22.5 Å². The molecule has 0 aliphatic carbocycles. The van der Waals surface area contributed by atoms with Gasteiger partial charge in [-0.25, -0.2) is 0 Å². The summed E-state index contributed by atoms with van der Waals surface area (Å²) in [5, 5.41) is 15.7. The SMILES string of the molecule is C=CC(=O)Nc1cc(C(=O)NC)cc(-c2ccc(C=N)c(NC)c2)c1. The molecular weight excluding hydrogens is 316 g/mol. The van der Waals surface area contributed by atoms with Crippen molar-refractivity contribution in [2.75, 3.05) is 24.7 Å². The highest BCUT2D eigenvalue weighted by Gasteiger charge is 2.11. The Kier molecular flexibility index (Phi) is 5.68. The Bertz CT molecular complexity index is 843. The third-order valence-electron chi connectivity index (χ3n) is 3.69. The molecular formula is C19H20N4O2. The quantitative estimate of drug-likeness (QED) is 0.482. The van der Waals surface area contributed by atoms with E-state index in [-0.39, 0.29) is 11.8 Å². The Balaban J connectivity index is 2.57. The van der Waals surface area contributed by atoms with Crippen LogP contribution in [-0.2, 0) is 4.79 Å². The van der Waals surface area contributed by atoms with Gasteiger partial charge in [0.25, 0.3) is 5.91 Å². The zero-order chi connectivity index (χ0) is 18.4. The minimum Gasteiger partial charge on any atom is -0.388 e. The lowest BCUT2D eigenvalue weighted by Gasteiger charge is -2.12. The van der Waals surface area contributed by atoms with Crippen molar-refractivity contribution in [3.8, 4) is 11.1 Å². The first-order chi connectivity index (χ1) is 12.0. The fraction of sp³-hybridized carbons (Fsp3) is 0.105. The predicted octanol–water partition coefficient (Wildman–Crippen LogP) is 2.88. The Labute approximate surface area is 146 Å². The zero-order valence-electron chi connectivity index (χ0n) is 14.1. The van der Waals surface area contributed by atoms with Crippen LogP contribution in [-0.4, -0.2) is 32.1 Å². The molecule has 2 rings (SSSR count). The molecule has 0 aliphatic heterocycles. The van der Waals surface area contributed by atoms with E-state index in [4.69, 9.17) is 5.41 Å². The van der Waals surface area contributed by atoms with Crippen molar-refractivity contribution in [3.63, 3.8) is 0 Å². The average molecular weight is 336 g/mol. The first-order valence-electron chi connectivity index (χ1n) is 7.65. The summed E-state index contributed by atoms with van der Waals surface area (Å²) < 4.78 is 0. The molecule has 0 spiro atoms. The van der Waals surface area contributed by atoms with Crippen molar-refractivity contribution in [2.45, 2.75) is 0 Å². The van der Waals surface area contributed by atoms with Gasteiger partial charge in [0.1, 0.15) is 0 Å². The smallest absolute Gasteiger partial charge is 0.251 e. The largest absolute Gasteiger partial charge is 0.388 e. The van der Waals surface area contributed by atoms with Gasteiger partial charge in [-0.2, -0.15) is 0 Å². The molecule has 0 heterocycles. The van der Waals surface area contributed by atoms with Gasteiger partial charge in [-0.05, 0) is 41.5 Å². The molecule has 2 amide bonds. The molecule has 0 fully saturated rings. The van der Waals surface area contributed by atoms with Crippen LogP contribution in [0.1, 0.15) is 15.9 Å². The van der Waals surface area contributed by atoms with Gasteiger partial charge >= 0.3 is 0 Å². The Morgan fingerprint density at radius 3 is 2.44 bits per heavy atom. The summed E-state index contributed by atoms with van der Waals surface area (Å²) in [6, 6.07) is 10.7. The van der Waals surface area contributed by atoms with Crippen molar-refractivity contribution in [2.24, 2.45) is 0 Å². The molecule has 0 radical (unpaired) electrons. The minimum atomic E-state index is -0.352. The van der Waals surface area contributed by atoms with Gasteiger partial charge in [-0.1, -0.05) is 18.7 Å². The van der Waals surface area contributed by atoms with Gasteiger partial charge in [-0.3, -0.25) is 9.59 Å². The van der Waals surface area contributed by atoms with Crippen LogP contribution in [0.3, 0.4) is 0 Å². The molecule has 0 aliphatic rings. The van der Waals surface area contributed by atoms with E-state index in [1.807, 2.05) is 18.2 Å². The number of carbonyl (C=O) groups is 2. The molecule has 6 heteroatoms. The lowest BCUT2D eigenvalue weighted by molar-refractivity contribution is -0.111. The third-order valence-corrected chi connectivity index (χ3v) is 3.69. The standard InChI is InChI=1S/C19H20N4O2/c1-4-18(24)23-16-8-14(7-15(9-16)19(25)22-3)12-5-6-13(11-20)17(10-12)21-2/h4-11,20-21H,1H2,2-3H3,(H,22,25)(H,23,24). The van der Waals surface area contributed by atoms with Gasteiger partial charge in [-0.15, -0.1) is 0 Å². The van der Waals surface area contributed by atoms with Crippen LogP contribution in [0.4, 0.5) is 11.4 Å². The molecule has 0 aromatic heterocycles. The van der Waals surface area contributed by atoms with E-state index in [0.29, 0.717) is 11.3 Å². The van der Waals surface area contributed by atoms with Crippen LogP contribution >= 0.6 is 0 Å². The second kappa shape index (κ2) is 7.92. The van der Waals surface area contributed by atoms with E-state index < -0.39 is 0 Å². The Morgan fingerprint density at radius 2 is 1.84 bits per heavy atom. The van der Waals surface area contributed by atoms with E-state index in [1.54, 1.807) is 32.3 Å². The molecule has 128 valence electrons. The summed E-state index contributed by atoms with van der Waals surface area (Å²) in [6.45, 7) is 3.43. The summed E-state index contributed by atoms with van der Waals surface area (Å²) in [4.78, 5) is 23.6. The molecule has 0 bridgehead atoms. The molecule has 4 N–H and O–H groups in total. The van der Waals surface area contributed by atoms with Gasteiger partial charge in [0.05, 0.1) is 0 Å². The van der Waals surface area contributed by atoms with E-state index in [9.17, 15) is 9.59 Å². The van der Waals surface area contributed by atoms with Crippen molar-refractivity contribution in [3.05, 3.63) is 60.2 Å². The Hall–Kier alpha value is -3.41. The molecule has 25 heavy (non-hydrogen) atoms. The fourth-order valence-corrected chi connectivity index (χ4v) is 2.41.